The van der Waals surface area contributed by atoms with Gasteiger partial charge in [-0.2, -0.15) is 13.2 Å². The minimum atomic E-state index is -4.43. The predicted octanol–water partition coefficient (Wildman–Crippen LogP) is 3.16. The van der Waals surface area contributed by atoms with Gasteiger partial charge in [0.1, 0.15) is 5.69 Å². The van der Waals surface area contributed by atoms with Crippen molar-refractivity contribution < 1.29 is 13.2 Å². The highest BCUT2D eigenvalue weighted by Crippen LogP contribution is 2.35. The van der Waals surface area contributed by atoms with Gasteiger partial charge in [-0.15, -0.1) is 0 Å². The molecule has 0 saturated carbocycles. The van der Waals surface area contributed by atoms with E-state index in [1.54, 1.807) is 0 Å². The summed E-state index contributed by atoms with van der Waals surface area (Å²) in [6.07, 6.45) is -2.35. The third kappa shape index (κ3) is 2.93. The summed E-state index contributed by atoms with van der Waals surface area (Å²) >= 11 is 0. The van der Waals surface area contributed by atoms with Crippen molar-refractivity contribution in [3.05, 3.63) is 18.0 Å². The van der Waals surface area contributed by atoms with Crippen molar-refractivity contribution >= 4 is 11.4 Å². The molecule has 0 amide bonds. The molecule has 0 spiro atoms. The first-order valence-corrected chi connectivity index (χ1v) is 6.36. The molecule has 1 unspecified atom stereocenters. The highest BCUT2D eigenvalue weighted by Gasteiger charge is 2.34. The van der Waals surface area contributed by atoms with Crippen molar-refractivity contribution in [2.75, 3.05) is 23.7 Å². The molecule has 2 rings (SSSR count). The molecule has 0 radical (unpaired) electrons. The number of hydrogen-bond acceptors (Lipinski definition) is 3. The van der Waals surface area contributed by atoms with Gasteiger partial charge in [-0.05, 0) is 24.3 Å². The van der Waals surface area contributed by atoms with Crippen LogP contribution in [0.5, 0.6) is 0 Å². The smallest absolute Gasteiger partial charge is 0.396 e. The summed E-state index contributed by atoms with van der Waals surface area (Å²) in [5.74, 6) is 1.03. The average molecular weight is 273 g/mol. The van der Waals surface area contributed by atoms with Crippen LogP contribution < -0.4 is 10.6 Å². The first-order valence-electron chi connectivity index (χ1n) is 6.36. The van der Waals surface area contributed by atoms with Crippen molar-refractivity contribution in [3.63, 3.8) is 0 Å². The second-order valence-corrected chi connectivity index (χ2v) is 5.36. The molecule has 2 heterocycles. The molecule has 0 aromatic carbocycles. The monoisotopic (exact) mass is 273 g/mol. The third-order valence-electron chi connectivity index (χ3n) is 3.71. The van der Waals surface area contributed by atoms with Crippen molar-refractivity contribution in [2.45, 2.75) is 26.4 Å². The highest BCUT2D eigenvalue weighted by atomic mass is 19.4. The lowest BCUT2D eigenvalue weighted by Gasteiger charge is -2.22. The van der Waals surface area contributed by atoms with E-state index in [0.29, 0.717) is 23.2 Å². The van der Waals surface area contributed by atoms with E-state index < -0.39 is 11.9 Å². The number of hydrogen-bond donors (Lipinski definition) is 1. The summed E-state index contributed by atoms with van der Waals surface area (Å²) in [5, 5.41) is 0. The van der Waals surface area contributed by atoms with Gasteiger partial charge in [0.2, 0.25) is 0 Å². The van der Waals surface area contributed by atoms with Gasteiger partial charge in [-0.25, -0.2) is 4.98 Å². The van der Waals surface area contributed by atoms with Crippen molar-refractivity contribution in [1.29, 1.82) is 0 Å². The van der Waals surface area contributed by atoms with E-state index in [2.05, 4.69) is 18.8 Å². The number of aromatic nitrogens is 1. The minimum Gasteiger partial charge on any atom is -0.396 e. The van der Waals surface area contributed by atoms with E-state index in [0.717, 1.165) is 31.8 Å². The van der Waals surface area contributed by atoms with Crippen LogP contribution in [0.25, 0.3) is 0 Å². The Morgan fingerprint density at radius 3 is 2.63 bits per heavy atom. The number of nitrogens with zero attached hydrogens (tertiary/aromatic N) is 2. The molecule has 19 heavy (non-hydrogen) atoms. The summed E-state index contributed by atoms with van der Waals surface area (Å²) in [7, 11) is 0. The van der Waals surface area contributed by atoms with Crippen LogP contribution in [0.4, 0.5) is 24.5 Å². The summed E-state index contributed by atoms with van der Waals surface area (Å²) in [6, 6.07) is 1.05. The van der Waals surface area contributed by atoms with E-state index in [-0.39, 0.29) is 0 Å². The minimum absolute atomic E-state index is 0.303. The van der Waals surface area contributed by atoms with Gasteiger partial charge in [0.25, 0.3) is 0 Å². The second kappa shape index (κ2) is 4.90. The van der Waals surface area contributed by atoms with Crippen LogP contribution in [-0.2, 0) is 6.18 Å². The van der Waals surface area contributed by atoms with Crippen molar-refractivity contribution in [1.82, 2.24) is 4.98 Å². The Morgan fingerprint density at radius 2 is 2.11 bits per heavy atom. The van der Waals surface area contributed by atoms with Crippen LogP contribution in [0.3, 0.4) is 0 Å². The zero-order valence-electron chi connectivity index (χ0n) is 11.0. The summed E-state index contributed by atoms with van der Waals surface area (Å²) in [4.78, 5) is 5.29. The number of nitrogen functional groups attached to an aromatic ring is 1. The van der Waals surface area contributed by atoms with Gasteiger partial charge in [-0.3, -0.25) is 0 Å². The predicted molar refractivity (Wildman–Crippen MR) is 68.8 cm³/mol. The fraction of sp³-hybridized carbons (Fsp3) is 0.615. The van der Waals surface area contributed by atoms with Gasteiger partial charge in [0.15, 0.2) is 0 Å². The van der Waals surface area contributed by atoms with Crippen LogP contribution in [0.1, 0.15) is 26.0 Å². The Balaban J connectivity index is 2.25. The van der Waals surface area contributed by atoms with Crippen molar-refractivity contribution in [2.24, 2.45) is 11.8 Å². The Hall–Kier alpha value is -1.46. The normalized spacial score (nSPS) is 20.3. The fourth-order valence-corrected chi connectivity index (χ4v) is 2.43. The lowest BCUT2D eigenvalue weighted by Crippen LogP contribution is -2.23. The molecule has 0 bridgehead atoms. The Morgan fingerprint density at radius 1 is 1.42 bits per heavy atom. The lowest BCUT2D eigenvalue weighted by molar-refractivity contribution is -0.141. The number of alkyl halides is 3. The molecule has 1 fully saturated rings. The average Bonchev–Trinajstić information content (AvgIpc) is 2.77. The SMILES string of the molecule is CC(C)C1CCN(c2cc(C(F)(F)F)ncc2N)C1. The van der Waals surface area contributed by atoms with E-state index in [4.69, 9.17) is 5.73 Å². The Kier molecular flexibility index (Phi) is 3.60. The fourth-order valence-electron chi connectivity index (χ4n) is 2.43. The second-order valence-electron chi connectivity index (χ2n) is 5.36. The molecule has 1 aliphatic rings. The summed E-state index contributed by atoms with van der Waals surface area (Å²) in [6.45, 7) is 5.76. The molecule has 1 aliphatic heterocycles. The van der Waals surface area contributed by atoms with Gasteiger partial charge in [-0.1, -0.05) is 13.8 Å². The first-order chi connectivity index (χ1) is 8.79. The maximum atomic E-state index is 12.7. The molecule has 3 nitrogen and oxygen atoms in total. The molecular weight excluding hydrogens is 255 g/mol. The van der Waals surface area contributed by atoms with Crippen LogP contribution in [-0.4, -0.2) is 18.1 Å². The first kappa shape index (κ1) is 14.0. The molecule has 0 aliphatic carbocycles. The Labute approximate surface area is 110 Å². The number of rotatable bonds is 2. The zero-order chi connectivity index (χ0) is 14.2. The molecule has 1 atom stereocenters. The number of nitrogens with two attached hydrogens (primary N) is 1. The molecule has 1 saturated heterocycles. The van der Waals surface area contributed by atoms with Gasteiger partial charge < -0.3 is 10.6 Å². The third-order valence-corrected chi connectivity index (χ3v) is 3.71. The zero-order valence-corrected chi connectivity index (χ0v) is 11.0. The Bertz CT molecular complexity index is 457. The highest BCUT2D eigenvalue weighted by molar-refractivity contribution is 5.67. The largest absolute Gasteiger partial charge is 0.433 e. The molecular formula is C13H18F3N3. The van der Waals surface area contributed by atoms with Crippen LogP contribution in [0.2, 0.25) is 0 Å². The molecule has 1 aromatic heterocycles. The molecule has 106 valence electrons. The molecule has 6 heteroatoms. The number of pyridine rings is 1. The molecule has 1 aromatic rings. The van der Waals surface area contributed by atoms with E-state index >= 15 is 0 Å². The van der Waals surface area contributed by atoms with Gasteiger partial charge >= 0.3 is 6.18 Å². The molecule has 2 N–H and O–H groups in total. The lowest BCUT2D eigenvalue weighted by atomic mass is 9.95. The maximum Gasteiger partial charge on any atom is 0.433 e. The standard InChI is InChI=1S/C13H18F3N3/c1-8(2)9-3-4-19(7-9)11-5-12(13(14,15)16)18-6-10(11)17/h5-6,8-9H,3-4,7,17H2,1-2H3. The quantitative estimate of drug-likeness (QED) is 0.900. The summed E-state index contributed by atoms with van der Waals surface area (Å²) in [5.41, 5.74) is 5.63. The maximum absolute atomic E-state index is 12.7. The van der Waals surface area contributed by atoms with E-state index in [1.165, 1.54) is 0 Å². The number of halogens is 3. The van der Waals surface area contributed by atoms with Crippen LogP contribution in [0, 0.1) is 11.8 Å². The number of anilines is 2. The van der Waals surface area contributed by atoms with E-state index in [1.807, 2.05) is 4.90 Å². The van der Waals surface area contributed by atoms with Crippen molar-refractivity contribution in [3.8, 4) is 0 Å². The van der Waals surface area contributed by atoms with Gasteiger partial charge in [0.05, 0.1) is 17.6 Å². The van der Waals surface area contributed by atoms with Gasteiger partial charge in [0, 0.05) is 13.1 Å². The summed E-state index contributed by atoms with van der Waals surface area (Å²) < 4.78 is 38.0. The van der Waals surface area contributed by atoms with E-state index in [9.17, 15) is 13.2 Å². The topological polar surface area (TPSA) is 42.2 Å². The van der Waals surface area contributed by atoms with Crippen LogP contribution >= 0.6 is 0 Å². The van der Waals surface area contributed by atoms with Crippen LogP contribution in [0.15, 0.2) is 12.3 Å².